The molecule has 0 aliphatic rings. The van der Waals surface area contributed by atoms with Crippen LogP contribution in [0.5, 0.6) is 5.75 Å². The molecule has 0 aromatic heterocycles. The Morgan fingerprint density at radius 1 is 1.11 bits per heavy atom. The normalized spacial score (nSPS) is 11.2. The average molecular weight is 391 g/mol. The fraction of sp³-hybridized carbons (Fsp3) is 0.211. The molecule has 142 valence electrons. The van der Waals surface area contributed by atoms with Crippen LogP contribution in [-0.2, 0) is 14.3 Å². The van der Waals surface area contributed by atoms with Crippen molar-refractivity contribution in [2.24, 2.45) is 0 Å². The number of hydrogen-bond donors (Lipinski definition) is 2. The lowest BCUT2D eigenvalue weighted by Gasteiger charge is -2.14. The monoisotopic (exact) mass is 390 g/mol. The zero-order valence-corrected chi connectivity index (χ0v) is 15.6. The topological polar surface area (TPSA) is 93.7 Å². The van der Waals surface area contributed by atoms with Crippen LogP contribution < -0.4 is 15.4 Å². The molecule has 1 atom stereocenters. The van der Waals surface area contributed by atoms with Gasteiger partial charge >= 0.3 is 5.97 Å². The molecule has 2 aromatic rings. The lowest BCUT2D eigenvalue weighted by Crippen LogP contribution is -2.35. The number of carbonyl (C=O) groups is 3. The first-order chi connectivity index (χ1) is 12.9. The van der Waals surface area contributed by atoms with Crippen LogP contribution >= 0.6 is 11.6 Å². The maximum atomic E-state index is 12.0. The molecular formula is C19H19ClN2O5. The summed E-state index contributed by atoms with van der Waals surface area (Å²) in [4.78, 5) is 35.9. The summed E-state index contributed by atoms with van der Waals surface area (Å²) in [5.74, 6) is -1.06. The van der Waals surface area contributed by atoms with E-state index in [1.165, 1.54) is 14.0 Å². The third-order valence-corrected chi connectivity index (χ3v) is 3.75. The Hall–Kier alpha value is -3.06. The summed E-state index contributed by atoms with van der Waals surface area (Å²) >= 11 is 5.85. The first-order valence-electron chi connectivity index (χ1n) is 8.07. The van der Waals surface area contributed by atoms with Crippen LogP contribution in [0.1, 0.15) is 17.3 Å². The number of amides is 2. The van der Waals surface area contributed by atoms with Crippen molar-refractivity contribution in [2.75, 3.05) is 19.0 Å². The van der Waals surface area contributed by atoms with Gasteiger partial charge in [-0.25, -0.2) is 0 Å². The summed E-state index contributed by atoms with van der Waals surface area (Å²) in [6, 6.07) is 13.0. The van der Waals surface area contributed by atoms with Gasteiger partial charge in [0.25, 0.3) is 11.8 Å². The second kappa shape index (κ2) is 9.59. The van der Waals surface area contributed by atoms with Gasteiger partial charge in [-0.15, -0.1) is 0 Å². The van der Waals surface area contributed by atoms with E-state index >= 15 is 0 Å². The third-order valence-electron chi connectivity index (χ3n) is 3.52. The van der Waals surface area contributed by atoms with E-state index in [-0.39, 0.29) is 6.54 Å². The molecule has 0 fully saturated rings. The molecular weight excluding hydrogens is 372 g/mol. The molecule has 7 nitrogen and oxygen atoms in total. The largest absolute Gasteiger partial charge is 0.497 e. The Bertz CT molecular complexity index is 823. The Kier molecular flexibility index (Phi) is 7.19. The minimum absolute atomic E-state index is 0.361. The maximum Gasteiger partial charge on any atom is 0.326 e. The van der Waals surface area contributed by atoms with Gasteiger partial charge in [0.2, 0.25) is 0 Å². The number of hydrogen-bond acceptors (Lipinski definition) is 5. The Morgan fingerprint density at radius 2 is 1.81 bits per heavy atom. The molecule has 2 N–H and O–H groups in total. The molecule has 0 heterocycles. The van der Waals surface area contributed by atoms with Crippen LogP contribution in [-0.4, -0.2) is 37.5 Å². The van der Waals surface area contributed by atoms with Crippen molar-refractivity contribution in [1.82, 2.24) is 5.32 Å². The number of methoxy groups -OCH3 is 1. The first kappa shape index (κ1) is 20.3. The van der Waals surface area contributed by atoms with Crippen LogP contribution in [0, 0.1) is 0 Å². The van der Waals surface area contributed by atoms with E-state index in [9.17, 15) is 14.4 Å². The van der Waals surface area contributed by atoms with Crippen molar-refractivity contribution in [3.05, 3.63) is 59.1 Å². The molecule has 0 aliphatic carbocycles. The van der Waals surface area contributed by atoms with Crippen molar-refractivity contribution in [3.8, 4) is 5.75 Å². The van der Waals surface area contributed by atoms with Gasteiger partial charge in [0.05, 0.1) is 7.11 Å². The quantitative estimate of drug-likeness (QED) is 0.709. The number of nitrogens with one attached hydrogen (secondary N) is 2. The van der Waals surface area contributed by atoms with Crippen molar-refractivity contribution >= 4 is 35.1 Å². The Balaban J connectivity index is 1.79. The van der Waals surface area contributed by atoms with E-state index in [0.29, 0.717) is 22.0 Å². The Labute approximate surface area is 161 Å². The smallest absolute Gasteiger partial charge is 0.326 e. The SMILES string of the molecule is COc1ccc(C(=O)NCC(=O)O[C@H](C)C(=O)Nc2cccc(Cl)c2)cc1. The van der Waals surface area contributed by atoms with Gasteiger partial charge in [-0.3, -0.25) is 14.4 Å². The molecule has 8 heteroatoms. The summed E-state index contributed by atoms with van der Waals surface area (Å²) in [6.07, 6.45) is -1.03. The summed E-state index contributed by atoms with van der Waals surface area (Å²) in [7, 11) is 1.52. The van der Waals surface area contributed by atoms with E-state index in [1.807, 2.05) is 0 Å². The number of benzene rings is 2. The van der Waals surface area contributed by atoms with Crippen LogP contribution in [0.4, 0.5) is 5.69 Å². The maximum absolute atomic E-state index is 12.0. The molecule has 2 aromatic carbocycles. The molecule has 0 bridgehead atoms. The predicted octanol–water partition coefficient (Wildman–Crippen LogP) is 2.65. The van der Waals surface area contributed by atoms with Crippen LogP contribution in [0.25, 0.3) is 0 Å². The number of esters is 1. The number of ether oxygens (including phenoxy) is 2. The Morgan fingerprint density at radius 3 is 2.44 bits per heavy atom. The van der Waals surface area contributed by atoms with Crippen LogP contribution in [0.15, 0.2) is 48.5 Å². The number of halogens is 1. The van der Waals surface area contributed by atoms with Gasteiger partial charge in [0.15, 0.2) is 6.10 Å². The number of rotatable bonds is 7. The highest BCUT2D eigenvalue weighted by Gasteiger charge is 2.18. The predicted molar refractivity (Wildman–Crippen MR) is 101 cm³/mol. The van der Waals surface area contributed by atoms with Crippen molar-refractivity contribution < 1.29 is 23.9 Å². The minimum Gasteiger partial charge on any atom is -0.497 e. The fourth-order valence-electron chi connectivity index (χ4n) is 2.10. The minimum atomic E-state index is -1.03. The van der Waals surface area contributed by atoms with Crippen molar-refractivity contribution in [3.63, 3.8) is 0 Å². The van der Waals surface area contributed by atoms with E-state index in [2.05, 4.69) is 10.6 Å². The summed E-state index contributed by atoms with van der Waals surface area (Å²) in [5, 5.41) is 5.49. The highest BCUT2D eigenvalue weighted by atomic mass is 35.5. The lowest BCUT2D eigenvalue weighted by atomic mass is 10.2. The lowest BCUT2D eigenvalue weighted by molar-refractivity contribution is -0.152. The van der Waals surface area contributed by atoms with Crippen molar-refractivity contribution in [2.45, 2.75) is 13.0 Å². The van der Waals surface area contributed by atoms with E-state index in [0.717, 1.165) is 0 Å². The van der Waals surface area contributed by atoms with Crippen molar-refractivity contribution in [1.29, 1.82) is 0 Å². The molecule has 0 radical (unpaired) electrons. The van der Waals surface area contributed by atoms with Gasteiger partial charge < -0.3 is 20.1 Å². The average Bonchev–Trinajstić information content (AvgIpc) is 2.66. The molecule has 0 unspecified atom stereocenters. The third kappa shape index (κ3) is 6.31. The standard InChI is InChI=1S/C19H19ClN2O5/c1-12(18(24)22-15-5-3-4-14(20)10-15)27-17(23)11-21-19(25)13-6-8-16(26-2)9-7-13/h3-10,12H,11H2,1-2H3,(H,21,25)(H,22,24)/t12-/m1/s1. The van der Waals surface area contributed by atoms with E-state index in [4.69, 9.17) is 21.1 Å². The van der Waals surface area contributed by atoms with Gasteiger partial charge in [-0.05, 0) is 49.4 Å². The molecule has 0 spiro atoms. The molecule has 0 saturated heterocycles. The zero-order chi connectivity index (χ0) is 19.8. The zero-order valence-electron chi connectivity index (χ0n) is 14.8. The number of anilines is 1. The van der Waals surface area contributed by atoms with Gasteiger partial charge in [0.1, 0.15) is 12.3 Å². The molecule has 2 rings (SSSR count). The van der Waals surface area contributed by atoms with Crippen LogP contribution in [0.3, 0.4) is 0 Å². The van der Waals surface area contributed by atoms with Crippen LogP contribution in [0.2, 0.25) is 5.02 Å². The molecule has 27 heavy (non-hydrogen) atoms. The van der Waals surface area contributed by atoms with Gasteiger partial charge in [0, 0.05) is 16.3 Å². The second-order valence-electron chi connectivity index (χ2n) is 5.54. The molecule has 0 saturated carbocycles. The fourth-order valence-corrected chi connectivity index (χ4v) is 2.29. The van der Waals surface area contributed by atoms with Gasteiger partial charge in [-0.1, -0.05) is 17.7 Å². The first-order valence-corrected chi connectivity index (χ1v) is 8.45. The summed E-state index contributed by atoms with van der Waals surface area (Å²) < 4.78 is 10.0. The summed E-state index contributed by atoms with van der Waals surface area (Å²) in [6.45, 7) is 1.07. The summed E-state index contributed by atoms with van der Waals surface area (Å²) in [5.41, 5.74) is 0.860. The molecule has 0 aliphatic heterocycles. The second-order valence-corrected chi connectivity index (χ2v) is 5.98. The number of carbonyl (C=O) groups excluding carboxylic acids is 3. The highest BCUT2D eigenvalue weighted by molar-refractivity contribution is 6.30. The van der Waals surface area contributed by atoms with E-state index in [1.54, 1.807) is 48.5 Å². The van der Waals surface area contributed by atoms with E-state index < -0.39 is 23.9 Å². The van der Waals surface area contributed by atoms with Gasteiger partial charge in [-0.2, -0.15) is 0 Å². The highest BCUT2D eigenvalue weighted by Crippen LogP contribution is 2.15. The molecule has 2 amide bonds.